The zero-order chi connectivity index (χ0) is 7.84. The fraction of sp³-hybridized carbons (Fsp3) is 0.375. The van der Waals surface area contributed by atoms with Crippen LogP contribution < -0.4 is 4.72 Å². The molecule has 2 rings (SSSR count). The van der Waals surface area contributed by atoms with Gasteiger partial charge >= 0.3 is 0 Å². The van der Waals surface area contributed by atoms with Crippen LogP contribution in [0.25, 0.3) is 0 Å². The van der Waals surface area contributed by atoms with Gasteiger partial charge in [-0.3, -0.25) is 0 Å². The summed E-state index contributed by atoms with van der Waals surface area (Å²) in [5.41, 5.74) is 2.79. The van der Waals surface area contributed by atoms with E-state index in [0.717, 1.165) is 6.42 Å². The van der Waals surface area contributed by atoms with Crippen LogP contribution in [-0.4, -0.2) is 4.86 Å². The first-order chi connectivity index (χ1) is 5.29. The van der Waals surface area contributed by atoms with Gasteiger partial charge in [0.15, 0.2) is 0 Å². The average Bonchev–Trinajstić information content (AvgIpc) is 2.30. The molecule has 1 unspecified atom stereocenters. The smallest absolute Gasteiger partial charge is 0.0137 e. The molecule has 1 aliphatic heterocycles. The Morgan fingerprint density at radius 2 is 2.55 bits per heavy atom. The van der Waals surface area contributed by atoms with Crippen molar-refractivity contribution in [3.05, 3.63) is 22.8 Å². The second kappa shape index (κ2) is 2.64. The van der Waals surface area contributed by atoms with Gasteiger partial charge in [0, 0.05) is 23.4 Å². The van der Waals surface area contributed by atoms with E-state index in [1.54, 1.807) is 11.9 Å². The molecular weight excluding hydrogens is 174 g/mol. The first kappa shape index (κ1) is 7.37. The van der Waals surface area contributed by atoms with Crippen molar-refractivity contribution in [2.24, 2.45) is 5.92 Å². The highest BCUT2D eigenvalue weighted by atomic mass is 32.2. The molecule has 0 saturated heterocycles. The molecule has 58 valence electrons. The maximum Gasteiger partial charge on any atom is 0.0137 e. The summed E-state index contributed by atoms with van der Waals surface area (Å²) >= 11 is 6.87. The van der Waals surface area contributed by atoms with Gasteiger partial charge in [0.2, 0.25) is 0 Å². The van der Waals surface area contributed by atoms with E-state index in [-0.39, 0.29) is 0 Å². The minimum atomic E-state index is 0.492. The largest absolute Gasteiger partial charge is 0.333 e. The Morgan fingerprint density at radius 3 is 3.27 bits per heavy atom. The van der Waals surface area contributed by atoms with Gasteiger partial charge in [-0.2, -0.15) is 0 Å². The zero-order valence-electron chi connectivity index (χ0n) is 6.26. The Bertz CT molecular complexity index is 265. The predicted octanol–water partition coefficient (Wildman–Crippen LogP) is 2.42. The summed E-state index contributed by atoms with van der Waals surface area (Å²) in [5, 5.41) is 2.17. The van der Waals surface area contributed by atoms with Crippen LogP contribution in [0.4, 0.5) is 0 Å². The highest BCUT2D eigenvalue weighted by Crippen LogP contribution is 2.36. The van der Waals surface area contributed by atoms with E-state index in [1.165, 1.54) is 16.0 Å². The lowest BCUT2D eigenvalue weighted by Gasteiger charge is -2.10. The van der Waals surface area contributed by atoms with E-state index < -0.39 is 0 Å². The molecular formula is C8H9NS2. The van der Waals surface area contributed by atoms with Gasteiger partial charge in [0.25, 0.3) is 0 Å². The predicted molar refractivity (Wildman–Crippen MR) is 53.3 cm³/mol. The maximum atomic E-state index is 5.24. The lowest BCUT2D eigenvalue weighted by Crippen LogP contribution is -2.02. The number of hydrogen-bond acceptors (Lipinski definition) is 3. The van der Waals surface area contributed by atoms with Crippen molar-refractivity contribution in [3.63, 3.8) is 0 Å². The summed E-state index contributed by atoms with van der Waals surface area (Å²) in [7, 11) is 0. The van der Waals surface area contributed by atoms with Gasteiger partial charge in [-0.05, 0) is 28.5 Å². The molecule has 11 heavy (non-hydrogen) atoms. The molecule has 0 spiro atoms. The number of allylic oxidation sites excluding steroid dienone is 2. The summed E-state index contributed by atoms with van der Waals surface area (Å²) in [6, 6.07) is 0. The lowest BCUT2D eigenvalue weighted by molar-refractivity contribution is 0.982. The van der Waals surface area contributed by atoms with Crippen LogP contribution in [0.2, 0.25) is 0 Å². The number of thiocarbonyl (C=S) groups is 1. The molecule has 1 N–H and O–H groups in total. The van der Waals surface area contributed by atoms with Crippen LogP contribution in [0.15, 0.2) is 22.8 Å². The molecule has 1 atom stereocenters. The minimum absolute atomic E-state index is 0.492. The molecule has 0 aromatic rings. The molecule has 3 heteroatoms. The number of rotatable bonds is 0. The Hall–Kier alpha value is -0.280. The highest BCUT2D eigenvalue weighted by molar-refractivity contribution is 8.00. The van der Waals surface area contributed by atoms with Crippen LogP contribution in [0.3, 0.4) is 0 Å². The van der Waals surface area contributed by atoms with Crippen LogP contribution in [0, 0.1) is 5.92 Å². The topological polar surface area (TPSA) is 12.0 Å². The summed E-state index contributed by atoms with van der Waals surface area (Å²) < 4.78 is 3.12. The van der Waals surface area contributed by atoms with Crippen molar-refractivity contribution in [1.29, 1.82) is 0 Å². The summed E-state index contributed by atoms with van der Waals surface area (Å²) in [5.74, 6) is 0.492. The molecule has 0 bridgehead atoms. The molecule has 0 amide bonds. The van der Waals surface area contributed by atoms with E-state index >= 15 is 0 Å². The molecule has 2 aliphatic rings. The van der Waals surface area contributed by atoms with Gasteiger partial charge in [0.05, 0.1) is 0 Å². The molecule has 1 nitrogen and oxygen atoms in total. The normalized spacial score (nSPS) is 28.8. The van der Waals surface area contributed by atoms with Crippen molar-refractivity contribution in [2.45, 2.75) is 13.3 Å². The standard InChI is InChI=1S/C8H9NS2/c1-5-7-4-11-9-3-6(7)2-8(5)10/h3-5,9H,2H2,1H3. The monoisotopic (exact) mass is 183 g/mol. The third-order valence-corrected chi connectivity index (χ3v) is 3.30. The van der Waals surface area contributed by atoms with Crippen LogP contribution in [-0.2, 0) is 0 Å². The average molecular weight is 183 g/mol. The first-order valence-corrected chi connectivity index (χ1v) is 4.91. The van der Waals surface area contributed by atoms with E-state index in [4.69, 9.17) is 12.2 Å². The van der Waals surface area contributed by atoms with E-state index in [0.29, 0.717) is 5.92 Å². The van der Waals surface area contributed by atoms with Crippen molar-refractivity contribution in [1.82, 2.24) is 4.72 Å². The SMILES string of the molecule is CC1C(=S)CC2=CNSC=C21. The van der Waals surface area contributed by atoms with Crippen molar-refractivity contribution in [2.75, 3.05) is 0 Å². The number of nitrogens with one attached hydrogen (secondary N) is 1. The van der Waals surface area contributed by atoms with E-state index in [2.05, 4.69) is 23.3 Å². The third-order valence-electron chi connectivity index (χ3n) is 2.17. The zero-order valence-corrected chi connectivity index (χ0v) is 7.89. The van der Waals surface area contributed by atoms with Gasteiger partial charge in [-0.25, -0.2) is 0 Å². The molecule has 0 aromatic carbocycles. The van der Waals surface area contributed by atoms with E-state index in [1.807, 2.05) is 0 Å². The Labute approximate surface area is 76.1 Å². The third kappa shape index (κ3) is 1.12. The first-order valence-electron chi connectivity index (χ1n) is 3.62. The van der Waals surface area contributed by atoms with Crippen LogP contribution in [0.5, 0.6) is 0 Å². The fourth-order valence-electron chi connectivity index (χ4n) is 1.41. The van der Waals surface area contributed by atoms with Gasteiger partial charge in [-0.15, -0.1) is 0 Å². The molecule has 1 heterocycles. The molecule has 1 fully saturated rings. The van der Waals surface area contributed by atoms with Gasteiger partial charge < -0.3 is 4.72 Å². The maximum absolute atomic E-state index is 5.24. The Morgan fingerprint density at radius 1 is 1.73 bits per heavy atom. The van der Waals surface area contributed by atoms with Crippen molar-refractivity contribution < 1.29 is 0 Å². The number of hydrogen-bond donors (Lipinski definition) is 1. The number of fused-ring (bicyclic) bond motifs is 1. The lowest BCUT2D eigenvalue weighted by atomic mass is 10.1. The highest BCUT2D eigenvalue weighted by Gasteiger charge is 2.27. The Kier molecular flexibility index (Phi) is 1.77. The summed E-state index contributed by atoms with van der Waals surface area (Å²) in [6.07, 6.45) is 3.05. The van der Waals surface area contributed by atoms with Crippen LogP contribution in [0.1, 0.15) is 13.3 Å². The van der Waals surface area contributed by atoms with Gasteiger partial charge in [0.1, 0.15) is 0 Å². The van der Waals surface area contributed by atoms with Gasteiger partial charge in [-0.1, -0.05) is 19.1 Å². The van der Waals surface area contributed by atoms with Crippen molar-refractivity contribution >= 4 is 29.0 Å². The fourth-order valence-corrected chi connectivity index (χ4v) is 2.45. The Balaban J connectivity index is 2.39. The second-order valence-corrected chi connectivity index (χ2v) is 4.07. The summed E-state index contributed by atoms with van der Waals surface area (Å²) in [4.78, 5) is 1.17. The molecule has 1 aliphatic carbocycles. The molecule has 0 aromatic heterocycles. The molecule has 0 radical (unpaired) electrons. The minimum Gasteiger partial charge on any atom is -0.333 e. The molecule has 1 saturated carbocycles. The quantitative estimate of drug-likeness (QED) is 0.457. The van der Waals surface area contributed by atoms with Crippen molar-refractivity contribution in [3.8, 4) is 0 Å². The van der Waals surface area contributed by atoms with E-state index in [9.17, 15) is 0 Å². The summed E-state index contributed by atoms with van der Waals surface area (Å²) in [6.45, 7) is 2.18. The van der Waals surface area contributed by atoms with Crippen LogP contribution >= 0.6 is 24.2 Å². The second-order valence-electron chi connectivity index (χ2n) is 2.84.